The summed E-state index contributed by atoms with van der Waals surface area (Å²) in [5.74, 6) is 1.98. The fourth-order valence-electron chi connectivity index (χ4n) is 5.79. The summed E-state index contributed by atoms with van der Waals surface area (Å²) in [5.41, 5.74) is 4.77. The monoisotopic (exact) mass is 284 g/mol. The molecule has 0 radical (unpaired) electrons. The van der Waals surface area contributed by atoms with Crippen molar-refractivity contribution in [3.63, 3.8) is 0 Å². The summed E-state index contributed by atoms with van der Waals surface area (Å²) < 4.78 is 0. The minimum Gasteiger partial charge on any atom is -0.303 e. The van der Waals surface area contributed by atoms with E-state index in [1.54, 1.807) is 5.57 Å². The summed E-state index contributed by atoms with van der Waals surface area (Å²) in [7, 11) is 0. The molecule has 21 heavy (non-hydrogen) atoms. The van der Waals surface area contributed by atoms with Gasteiger partial charge in [0.05, 0.1) is 0 Å². The van der Waals surface area contributed by atoms with Gasteiger partial charge >= 0.3 is 0 Å². The van der Waals surface area contributed by atoms with Crippen LogP contribution in [0.2, 0.25) is 0 Å². The molecule has 0 amide bonds. The van der Waals surface area contributed by atoms with Gasteiger partial charge in [0.15, 0.2) is 5.78 Å². The third-order valence-corrected chi connectivity index (χ3v) is 6.97. The molecule has 2 nitrogen and oxygen atoms in total. The number of carbonyl (C=O) groups is 2. The van der Waals surface area contributed by atoms with Crippen LogP contribution in [0.15, 0.2) is 22.8 Å². The second-order valence-electron chi connectivity index (χ2n) is 7.72. The molecule has 0 heterocycles. The molecule has 4 aliphatic rings. The molecule has 0 aromatic rings. The second kappa shape index (κ2) is 4.66. The summed E-state index contributed by atoms with van der Waals surface area (Å²) >= 11 is 0. The normalized spacial score (nSPS) is 42.0. The van der Waals surface area contributed by atoms with E-state index >= 15 is 0 Å². The molecule has 0 aliphatic heterocycles. The molecule has 4 aliphatic carbocycles. The van der Waals surface area contributed by atoms with Crippen LogP contribution in [-0.2, 0) is 9.59 Å². The summed E-state index contributed by atoms with van der Waals surface area (Å²) in [4.78, 5) is 23.1. The Hall–Kier alpha value is -1.18. The van der Waals surface area contributed by atoms with E-state index in [4.69, 9.17) is 0 Å². The SMILES string of the molecule is C[C@]12CCC3=C4CCC(=O)C=C4CC[C@H]3[C@@H]1CC[C@@H]2C=O. The van der Waals surface area contributed by atoms with Crippen LogP contribution in [0.4, 0.5) is 0 Å². The number of hydrogen-bond acceptors (Lipinski definition) is 2. The summed E-state index contributed by atoms with van der Waals surface area (Å²) in [6.45, 7) is 2.36. The molecule has 0 aromatic heterocycles. The van der Waals surface area contributed by atoms with Gasteiger partial charge < -0.3 is 4.79 Å². The molecule has 0 spiro atoms. The Morgan fingerprint density at radius 1 is 1.14 bits per heavy atom. The molecule has 0 N–H and O–H groups in total. The van der Waals surface area contributed by atoms with Gasteiger partial charge in [0.25, 0.3) is 0 Å². The minimum atomic E-state index is 0.238. The van der Waals surface area contributed by atoms with Gasteiger partial charge in [-0.05, 0) is 79.4 Å². The highest BCUT2D eigenvalue weighted by atomic mass is 16.1. The molecule has 2 fully saturated rings. The maximum absolute atomic E-state index is 11.7. The van der Waals surface area contributed by atoms with E-state index in [1.807, 2.05) is 6.08 Å². The van der Waals surface area contributed by atoms with Crippen molar-refractivity contribution in [2.24, 2.45) is 23.2 Å². The van der Waals surface area contributed by atoms with E-state index in [0.29, 0.717) is 24.0 Å². The zero-order valence-corrected chi connectivity index (χ0v) is 12.9. The van der Waals surface area contributed by atoms with E-state index in [-0.39, 0.29) is 11.3 Å². The third-order valence-electron chi connectivity index (χ3n) is 6.97. The van der Waals surface area contributed by atoms with Gasteiger partial charge in [-0.25, -0.2) is 0 Å². The van der Waals surface area contributed by atoms with Gasteiger partial charge in [-0.2, -0.15) is 0 Å². The Kier molecular flexibility index (Phi) is 2.99. The number of rotatable bonds is 1. The van der Waals surface area contributed by atoms with Gasteiger partial charge in [-0.15, -0.1) is 0 Å². The molecule has 0 aromatic carbocycles. The number of aldehydes is 1. The van der Waals surface area contributed by atoms with Gasteiger partial charge in [0.2, 0.25) is 0 Å². The Balaban J connectivity index is 1.73. The average Bonchev–Trinajstić information content (AvgIpc) is 2.83. The van der Waals surface area contributed by atoms with E-state index in [0.717, 1.165) is 32.1 Å². The first-order chi connectivity index (χ1) is 10.1. The lowest BCUT2D eigenvalue weighted by molar-refractivity contribution is -0.116. The molecule has 0 bridgehead atoms. The molecular weight excluding hydrogens is 260 g/mol. The lowest BCUT2D eigenvalue weighted by Crippen LogP contribution is -2.40. The lowest BCUT2D eigenvalue weighted by Gasteiger charge is -2.48. The van der Waals surface area contributed by atoms with E-state index < -0.39 is 0 Å². The second-order valence-corrected chi connectivity index (χ2v) is 7.72. The van der Waals surface area contributed by atoms with Crippen molar-refractivity contribution in [3.8, 4) is 0 Å². The van der Waals surface area contributed by atoms with Gasteiger partial charge in [-0.1, -0.05) is 12.5 Å². The maximum Gasteiger partial charge on any atom is 0.156 e. The molecule has 4 atom stereocenters. The molecule has 0 unspecified atom stereocenters. The zero-order valence-electron chi connectivity index (χ0n) is 12.9. The van der Waals surface area contributed by atoms with Crippen LogP contribution in [0.25, 0.3) is 0 Å². The number of allylic oxidation sites excluding steroid dienone is 4. The number of carbonyl (C=O) groups excluding carboxylic acids is 2. The molecule has 2 heteroatoms. The molecule has 2 saturated carbocycles. The van der Waals surface area contributed by atoms with Crippen molar-refractivity contribution in [1.82, 2.24) is 0 Å². The Morgan fingerprint density at radius 2 is 2.00 bits per heavy atom. The fraction of sp³-hybridized carbons (Fsp3) is 0.684. The first kappa shape index (κ1) is 13.5. The van der Waals surface area contributed by atoms with Crippen molar-refractivity contribution in [3.05, 3.63) is 22.8 Å². The van der Waals surface area contributed by atoms with E-state index in [9.17, 15) is 9.59 Å². The summed E-state index contributed by atoms with van der Waals surface area (Å²) in [6.07, 6.45) is 11.7. The Labute approximate surface area is 126 Å². The smallest absolute Gasteiger partial charge is 0.156 e. The highest BCUT2D eigenvalue weighted by Crippen LogP contribution is 2.61. The lowest BCUT2D eigenvalue weighted by atomic mass is 9.56. The van der Waals surface area contributed by atoms with Crippen LogP contribution in [0, 0.1) is 23.2 Å². The van der Waals surface area contributed by atoms with Crippen molar-refractivity contribution in [2.75, 3.05) is 0 Å². The summed E-state index contributed by atoms with van der Waals surface area (Å²) in [5, 5.41) is 0. The standard InChI is InChI=1S/C19H24O2/c1-19-9-8-16-15-6-4-14(21)10-12(15)2-5-17(16)18(19)7-3-13(19)11-20/h10-11,13,17-18H,2-9H2,1H3/t13-,17-,18+,19-/m1/s1. The third kappa shape index (κ3) is 1.84. The van der Waals surface area contributed by atoms with Crippen LogP contribution >= 0.6 is 0 Å². The van der Waals surface area contributed by atoms with E-state index in [1.165, 1.54) is 30.3 Å². The fourth-order valence-corrected chi connectivity index (χ4v) is 5.79. The Morgan fingerprint density at radius 3 is 2.81 bits per heavy atom. The van der Waals surface area contributed by atoms with Crippen molar-refractivity contribution < 1.29 is 9.59 Å². The van der Waals surface area contributed by atoms with E-state index in [2.05, 4.69) is 6.92 Å². The van der Waals surface area contributed by atoms with Crippen LogP contribution < -0.4 is 0 Å². The summed E-state index contributed by atoms with van der Waals surface area (Å²) in [6, 6.07) is 0. The predicted molar refractivity (Wildman–Crippen MR) is 81.7 cm³/mol. The largest absolute Gasteiger partial charge is 0.303 e. The van der Waals surface area contributed by atoms with Crippen LogP contribution in [0.5, 0.6) is 0 Å². The minimum absolute atomic E-state index is 0.238. The van der Waals surface area contributed by atoms with Gasteiger partial charge in [0.1, 0.15) is 6.29 Å². The molecular formula is C19H24O2. The number of fused-ring (bicyclic) bond motifs is 4. The van der Waals surface area contributed by atoms with Crippen LogP contribution in [-0.4, -0.2) is 12.1 Å². The molecule has 112 valence electrons. The van der Waals surface area contributed by atoms with Crippen molar-refractivity contribution in [2.45, 2.75) is 58.3 Å². The number of hydrogen-bond donors (Lipinski definition) is 0. The number of ketones is 1. The highest BCUT2D eigenvalue weighted by Gasteiger charge is 2.53. The van der Waals surface area contributed by atoms with Crippen LogP contribution in [0.1, 0.15) is 58.3 Å². The first-order valence-corrected chi connectivity index (χ1v) is 8.54. The van der Waals surface area contributed by atoms with Crippen molar-refractivity contribution in [1.29, 1.82) is 0 Å². The zero-order chi connectivity index (χ0) is 14.6. The molecule has 0 saturated heterocycles. The maximum atomic E-state index is 11.7. The quantitative estimate of drug-likeness (QED) is 0.682. The van der Waals surface area contributed by atoms with Crippen LogP contribution in [0.3, 0.4) is 0 Å². The first-order valence-electron chi connectivity index (χ1n) is 8.54. The topological polar surface area (TPSA) is 34.1 Å². The predicted octanol–water partition coefficient (Wildman–Crippen LogP) is 4.01. The molecule has 4 rings (SSSR count). The highest BCUT2D eigenvalue weighted by molar-refractivity contribution is 5.93. The Bertz CT molecular complexity index is 568. The van der Waals surface area contributed by atoms with Gasteiger partial charge in [0, 0.05) is 12.3 Å². The van der Waals surface area contributed by atoms with Gasteiger partial charge in [-0.3, -0.25) is 4.79 Å². The van der Waals surface area contributed by atoms with Crippen molar-refractivity contribution >= 4 is 12.1 Å². The average molecular weight is 284 g/mol.